The predicted octanol–water partition coefficient (Wildman–Crippen LogP) is 8.36. The maximum atomic E-state index is 13.2. The molecule has 46 heavy (non-hydrogen) atoms. The number of rotatable bonds is 9. The summed E-state index contributed by atoms with van der Waals surface area (Å²) in [6, 6.07) is 47.2. The van der Waals surface area contributed by atoms with Crippen molar-refractivity contribution in [1.29, 1.82) is 0 Å². The highest BCUT2D eigenvalue weighted by molar-refractivity contribution is 5.93. The Labute approximate surface area is 266 Å². The van der Waals surface area contributed by atoms with Crippen LogP contribution in [0.1, 0.15) is 47.8 Å². The van der Waals surface area contributed by atoms with Crippen LogP contribution in [0.5, 0.6) is 17.2 Å². The van der Waals surface area contributed by atoms with Crippen molar-refractivity contribution in [3.63, 3.8) is 0 Å². The summed E-state index contributed by atoms with van der Waals surface area (Å²) >= 11 is 0. The minimum Gasteiger partial charge on any atom is -0.423 e. The molecule has 0 saturated carbocycles. The van der Waals surface area contributed by atoms with Crippen LogP contribution in [0.4, 0.5) is 0 Å². The lowest BCUT2D eigenvalue weighted by molar-refractivity contribution is 0.0725. The van der Waals surface area contributed by atoms with Gasteiger partial charge < -0.3 is 14.2 Å². The van der Waals surface area contributed by atoms with Gasteiger partial charge in [0.05, 0.1) is 22.6 Å². The molecule has 0 bridgehead atoms. The first-order chi connectivity index (χ1) is 22.6. The Kier molecular flexibility index (Phi) is 9.07. The summed E-state index contributed by atoms with van der Waals surface area (Å²) in [7, 11) is 0. The molecule has 0 atom stereocenters. The molecule has 0 aliphatic carbocycles. The fraction of sp³-hybridized carbons (Fsp3) is 0. The molecule has 0 heterocycles. The first-order valence-corrected chi connectivity index (χ1v) is 14.6. The summed E-state index contributed by atoms with van der Waals surface area (Å²) in [6.45, 7) is 0. The first-order valence-electron chi connectivity index (χ1n) is 14.6. The molecule has 0 spiro atoms. The van der Waals surface area contributed by atoms with E-state index in [0.29, 0.717) is 39.3 Å². The van der Waals surface area contributed by atoms with Crippen LogP contribution in [0.3, 0.4) is 0 Å². The lowest BCUT2D eigenvalue weighted by Gasteiger charge is -2.24. The van der Waals surface area contributed by atoms with E-state index in [2.05, 4.69) is 0 Å². The molecule has 0 fully saturated rings. The van der Waals surface area contributed by atoms with Crippen molar-refractivity contribution in [2.75, 3.05) is 0 Å². The van der Waals surface area contributed by atoms with E-state index in [1.165, 1.54) is 0 Å². The van der Waals surface area contributed by atoms with Crippen LogP contribution in [0, 0.1) is 5.92 Å². The van der Waals surface area contributed by atoms with Gasteiger partial charge in [-0.2, -0.15) is 0 Å². The molecule has 1 radical (unpaired) electrons. The zero-order valence-corrected chi connectivity index (χ0v) is 24.5. The summed E-state index contributed by atoms with van der Waals surface area (Å²) in [5.41, 5.74) is 2.68. The van der Waals surface area contributed by atoms with E-state index in [0.717, 1.165) is 0 Å². The Morgan fingerprint density at radius 2 is 0.543 bits per heavy atom. The molecule has 6 rings (SSSR count). The van der Waals surface area contributed by atoms with Gasteiger partial charge in [-0.25, -0.2) is 14.4 Å². The third-order valence-corrected chi connectivity index (χ3v) is 7.11. The Morgan fingerprint density at radius 3 is 0.826 bits per heavy atom. The van der Waals surface area contributed by atoms with Crippen molar-refractivity contribution in [3.8, 4) is 17.2 Å². The number of esters is 3. The van der Waals surface area contributed by atoms with Gasteiger partial charge in [-0.3, -0.25) is 0 Å². The highest BCUT2D eigenvalue weighted by Crippen LogP contribution is 2.43. The number of carbonyl (C=O) groups is 3. The molecule has 0 saturated heterocycles. The molecule has 0 amide bonds. The SMILES string of the molecule is O=C(Oc1ccccc1[C](c1ccccc1OC(=O)c1ccccc1)c1ccccc1OC(=O)c1ccccc1)c1ccccc1. The Bertz CT molecular complexity index is 1740. The van der Waals surface area contributed by atoms with Crippen molar-refractivity contribution in [3.05, 3.63) is 203 Å². The van der Waals surface area contributed by atoms with Gasteiger partial charge in [-0.15, -0.1) is 0 Å². The summed E-state index contributed by atoms with van der Waals surface area (Å²) in [5.74, 6) is -0.316. The van der Waals surface area contributed by atoms with Gasteiger partial charge in [0.15, 0.2) is 0 Å². The molecule has 6 nitrogen and oxygen atoms in total. The zero-order chi connectivity index (χ0) is 31.7. The molecular formula is C40H27O6. The maximum Gasteiger partial charge on any atom is 0.343 e. The van der Waals surface area contributed by atoms with Crippen LogP contribution >= 0.6 is 0 Å². The molecule has 0 aliphatic rings. The minimum absolute atomic E-state index is 0.264. The topological polar surface area (TPSA) is 78.9 Å². The van der Waals surface area contributed by atoms with Gasteiger partial charge in [0.25, 0.3) is 0 Å². The quantitative estimate of drug-likeness (QED) is 0.0939. The van der Waals surface area contributed by atoms with Crippen molar-refractivity contribution < 1.29 is 28.6 Å². The fourth-order valence-electron chi connectivity index (χ4n) is 4.92. The highest BCUT2D eigenvalue weighted by Gasteiger charge is 2.30. The standard InChI is InChI=1S/C40H27O6/c41-38(28-16-4-1-5-17-28)44-34-25-13-10-22-31(34)37(32-23-11-14-26-35(32)45-39(42)29-18-6-2-7-19-29)33-24-12-15-27-36(33)46-40(43)30-20-8-3-9-21-30/h1-27H. The molecule has 0 aliphatic heterocycles. The van der Waals surface area contributed by atoms with Gasteiger partial charge in [-0.1, -0.05) is 109 Å². The van der Waals surface area contributed by atoms with Gasteiger partial charge in [0, 0.05) is 16.7 Å². The molecule has 6 aromatic rings. The normalized spacial score (nSPS) is 10.6. The van der Waals surface area contributed by atoms with E-state index in [4.69, 9.17) is 14.2 Å². The monoisotopic (exact) mass is 603 g/mol. The Hall–Kier alpha value is -6.27. The number of carbonyl (C=O) groups excluding carboxylic acids is 3. The zero-order valence-electron chi connectivity index (χ0n) is 24.5. The number of benzene rings is 6. The number of hydrogen-bond acceptors (Lipinski definition) is 6. The van der Waals surface area contributed by atoms with Crippen molar-refractivity contribution in [2.24, 2.45) is 0 Å². The molecule has 223 valence electrons. The van der Waals surface area contributed by atoms with Crippen LogP contribution in [0.15, 0.2) is 164 Å². The molecule has 6 heteroatoms. The highest BCUT2D eigenvalue weighted by atomic mass is 16.5. The molecule has 0 unspecified atom stereocenters. The molecular weight excluding hydrogens is 576 g/mol. The summed E-state index contributed by atoms with van der Waals surface area (Å²) in [4.78, 5) is 39.7. The van der Waals surface area contributed by atoms with Crippen molar-refractivity contribution in [1.82, 2.24) is 0 Å². The van der Waals surface area contributed by atoms with Gasteiger partial charge >= 0.3 is 17.9 Å². The van der Waals surface area contributed by atoms with Crippen LogP contribution in [0.25, 0.3) is 0 Å². The largest absolute Gasteiger partial charge is 0.423 e. The van der Waals surface area contributed by atoms with Crippen LogP contribution in [-0.2, 0) is 0 Å². The van der Waals surface area contributed by atoms with E-state index < -0.39 is 17.9 Å². The fourth-order valence-corrected chi connectivity index (χ4v) is 4.92. The van der Waals surface area contributed by atoms with E-state index in [1.807, 2.05) is 36.4 Å². The van der Waals surface area contributed by atoms with E-state index in [9.17, 15) is 14.4 Å². The van der Waals surface area contributed by atoms with E-state index in [1.54, 1.807) is 127 Å². The smallest absolute Gasteiger partial charge is 0.343 e. The van der Waals surface area contributed by atoms with E-state index in [-0.39, 0.29) is 17.2 Å². The van der Waals surface area contributed by atoms with Crippen LogP contribution in [-0.4, -0.2) is 17.9 Å². The maximum absolute atomic E-state index is 13.2. The van der Waals surface area contributed by atoms with E-state index >= 15 is 0 Å². The van der Waals surface area contributed by atoms with Crippen LogP contribution in [0.2, 0.25) is 0 Å². The number of ether oxygens (including phenoxy) is 3. The average Bonchev–Trinajstić information content (AvgIpc) is 3.11. The number of hydrogen-bond donors (Lipinski definition) is 0. The number of para-hydroxylation sites is 3. The lowest BCUT2D eigenvalue weighted by Crippen LogP contribution is -2.16. The summed E-state index contributed by atoms with van der Waals surface area (Å²) in [5, 5.41) is 0. The third kappa shape index (κ3) is 6.77. The lowest BCUT2D eigenvalue weighted by atomic mass is 9.83. The Balaban J connectivity index is 1.48. The molecule has 6 aromatic carbocycles. The first kappa shape index (κ1) is 29.8. The minimum atomic E-state index is -0.542. The van der Waals surface area contributed by atoms with Crippen molar-refractivity contribution >= 4 is 17.9 Å². The average molecular weight is 604 g/mol. The second-order valence-electron chi connectivity index (χ2n) is 10.1. The van der Waals surface area contributed by atoms with Crippen molar-refractivity contribution in [2.45, 2.75) is 0 Å². The second kappa shape index (κ2) is 14.0. The molecule has 0 aromatic heterocycles. The van der Waals surface area contributed by atoms with Gasteiger partial charge in [0.1, 0.15) is 17.2 Å². The van der Waals surface area contributed by atoms with Gasteiger partial charge in [-0.05, 0) is 54.6 Å². The Morgan fingerprint density at radius 1 is 0.304 bits per heavy atom. The summed E-state index contributed by atoms with van der Waals surface area (Å²) < 4.78 is 17.9. The molecule has 0 N–H and O–H groups in total. The predicted molar refractivity (Wildman–Crippen MR) is 174 cm³/mol. The van der Waals surface area contributed by atoms with Crippen LogP contribution < -0.4 is 14.2 Å². The van der Waals surface area contributed by atoms with Gasteiger partial charge in [0.2, 0.25) is 0 Å². The third-order valence-electron chi connectivity index (χ3n) is 7.11. The summed E-state index contributed by atoms with van der Waals surface area (Å²) in [6.07, 6.45) is 0. The second-order valence-corrected chi connectivity index (χ2v) is 10.1.